The SMILES string of the molecule is Nc1cccc(C(=O)c2ccsc2)c1. The first-order chi connectivity index (χ1) is 6.77. The van der Waals surface area contributed by atoms with Gasteiger partial charge in [0.25, 0.3) is 0 Å². The Hall–Kier alpha value is -1.61. The van der Waals surface area contributed by atoms with Crippen molar-refractivity contribution in [3.05, 3.63) is 52.2 Å². The molecule has 0 atom stereocenters. The molecule has 2 rings (SSSR count). The summed E-state index contributed by atoms with van der Waals surface area (Å²) < 4.78 is 0. The van der Waals surface area contributed by atoms with E-state index in [2.05, 4.69) is 0 Å². The quantitative estimate of drug-likeness (QED) is 0.602. The lowest BCUT2D eigenvalue weighted by molar-refractivity contribution is 0.103. The molecule has 1 aromatic carbocycles. The lowest BCUT2D eigenvalue weighted by atomic mass is 10.1. The van der Waals surface area contributed by atoms with Crippen LogP contribution >= 0.6 is 11.3 Å². The van der Waals surface area contributed by atoms with Crippen LogP contribution in [0.2, 0.25) is 0 Å². The fourth-order valence-corrected chi connectivity index (χ4v) is 1.88. The van der Waals surface area contributed by atoms with Gasteiger partial charge in [0, 0.05) is 22.2 Å². The average molecular weight is 203 g/mol. The summed E-state index contributed by atoms with van der Waals surface area (Å²) in [7, 11) is 0. The summed E-state index contributed by atoms with van der Waals surface area (Å²) in [4.78, 5) is 11.8. The Morgan fingerprint density at radius 3 is 2.71 bits per heavy atom. The Labute approximate surface area is 86.0 Å². The molecule has 0 saturated carbocycles. The van der Waals surface area contributed by atoms with E-state index in [0.717, 1.165) is 5.56 Å². The maximum absolute atomic E-state index is 11.8. The molecule has 0 bridgehead atoms. The third-order valence-electron chi connectivity index (χ3n) is 1.93. The zero-order valence-corrected chi connectivity index (χ0v) is 8.25. The van der Waals surface area contributed by atoms with E-state index in [4.69, 9.17) is 5.73 Å². The first kappa shape index (κ1) is 8.97. The number of nitrogen functional groups attached to an aromatic ring is 1. The molecule has 14 heavy (non-hydrogen) atoms. The molecule has 0 spiro atoms. The van der Waals surface area contributed by atoms with E-state index in [-0.39, 0.29) is 5.78 Å². The predicted octanol–water partition coefficient (Wildman–Crippen LogP) is 2.56. The topological polar surface area (TPSA) is 43.1 Å². The van der Waals surface area contributed by atoms with Crippen LogP contribution in [0.4, 0.5) is 5.69 Å². The highest BCUT2D eigenvalue weighted by Gasteiger charge is 2.08. The third-order valence-corrected chi connectivity index (χ3v) is 2.62. The molecule has 0 saturated heterocycles. The Morgan fingerprint density at radius 2 is 2.07 bits per heavy atom. The molecule has 0 amide bonds. The van der Waals surface area contributed by atoms with Crippen LogP contribution in [0.15, 0.2) is 41.1 Å². The standard InChI is InChI=1S/C11H9NOS/c12-10-3-1-2-8(6-10)11(13)9-4-5-14-7-9/h1-7H,12H2. The van der Waals surface area contributed by atoms with E-state index in [1.54, 1.807) is 24.3 Å². The fraction of sp³-hybridized carbons (Fsp3) is 0. The molecule has 2 aromatic rings. The van der Waals surface area contributed by atoms with Gasteiger partial charge in [-0.25, -0.2) is 0 Å². The summed E-state index contributed by atoms with van der Waals surface area (Å²) in [6.07, 6.45) is 0. The number of ketones is 1. The lowest BCUT2D eigenvalue weighted by Crippen LogP contribution is -2.00. The van der Waals surface area contributed by atoms with Gasteiger partial charge in [0.05, 0.1) is 0 Å². The van der Waals surface area contributed by atoms with Crippen LogP contribution in [0.1, 0.15) is 15.9 Å². The summed E-state index contributed by atoms with van der Waals surface area (Å²) in [5.41, 5.74) is 7.58. The van der Waals surface area contributed by atoms with E-state index in [1.165, 1.54) is 11.3 Å². The smallest absolute Gasteiger partial charge is 0.193 e. The minimum atomic E-state index is 0.0264. The van der Waals surface area contributed by atoms with E-state index in [1.807, 2.05) is 16.8 Å². The number of carbonyl (C=O) groups is 1. The van der Waals surface area contributed by atoms with Crippen molar-refractivity contribution in [1.29, 1.82) is 0 Å². The van der Waals surface area contributed by atoms with Crippen LogP contribution in [0.3, 0.4) is 0 Å². The molecule has 0 aliphatic heterocycles. The molecule has 0 aliphatic rings. The predicted molar refractivity (Wildman–Crippen MR) is 58.6 cm³/mol. The maximum atomic E-state index is 11.8. The van der Waals surface area contributed by atoms with Crippen LogP contribution in [-0.4, -0.2) is 5.78 Å². The van der Waals surface area contributed by atoms with Crippen molar-refractivity contribution in [2.45, 2.75) is 0 Å². The summed E-state index contributed by atoms with van der Waals surface area (Å²) in [5, 5.41) is 3.73. The number of nitrogens with two attached hydrogens (primary N) is 1. The van der Waals surface area contributed by atoms with Gasteiger partial charge in [-0.2, -0.15) is 11.3 Å². The third kappa shape index (κ3) is 1.67. The number of hydrogen-bond donors (Lipinski definition) is 1. The van der Waals surface area contributed by atoms with E-state index < -0.39 is 0 Å². The second kappa shape index (κ2) is 3.64. The zero-order chi connectivity index (χ0) is 9.97. The Balaban J connectivity index is 2.37. The largest absolute Gasteiger partial charge is 0.399 e. The Bertz CT molecular complexity index is 448. The molecule has 0 unspecified atom stereocenters. The Morgan fingerprint density at radius 1 is 1.21 bits per heavy atom. The summed E-state index contributed by atoms with van der Waals surface area (Å²) in [6.45, 7) is 0. The van der Waals surface area contributed by atoms with Crippen molar-refractivity contribution in [3.8, 4) is 0 Å². The van der Waals surface area contributed by atoms with Crippen LogP contribution in [0, 0.1) is 0 Å². The van der Waals surface area contributed by atoms with Crippen LogP contribution in [-0.2, 0) is 0 Å². The lowest BCUT2D eigenvalue weighted by Gasteiger charge is -1.99. The van der Waals surface area contributed by atoms with Gasteiger partial charge in [-0.15, -0.1) is 0 Å². The number of rotatable bonds is 2. The highest BCUT2D eigenvalue weighted by molar-refractivity contribution is 7.08. The second-order valence-electron chi connectivity index (χ2n) is 2.97. The van der Waals surface area contributed by atoms with Crippen LogP contribution in [0.25, 0.3) is 0 Å². The van der Waals surface area contributed by atoms with E-state index in [0.29, 0.717) is 11.3 Å². The maximum Gasteiger partial charge on any atom is 0.193 e. The highest BCUT2D eigenvalue weighted by Crippen LogP contribution is 2.14. The Kier molecular flexibility index (Phi) is 2.33. The van der Waals surface area contributed by atoms with Gasteiger partial charge in [-0.1, -0.05) is 12.1 Å². The van der Waals surface area contributed by atoms with Crippen molar-refractivity contribution in [2.75, 3.05) is 5.73 Å². The average Bonchev–Trinajstić information content (AvgIpc) is 2.69. The monoisotopic (exact) mass is 203 g/mol. The molecule has 1 heterocycles. The minimum absolute atomic E-state index is 0.0264. The van der Waals surface area contributed by atoms with Crippen molar-refractivity contribution >= 4 is 22.8 Å². The number of anilines is 1. The molecule has 0 fully saturated rings. The first-order valence-corrected chi connectivity index (χ1v) is 5.14. The van der Waals surface area contributed by atoms with Crippen molar-refractivity contribution in [2.24, 2.45) is 0 Å². The number of thiophene rings is 1. The van der Waals surface area contributed by atoms with Gasteiger partial charge in [0.1, 0.15) is 0 Å². The van der Waals surface area contributed by atoms with Crippen LogP contribution < -0.4 is 5.73 Å². The summed E-state index contributed by atoms with van der Waals surface area (Å²) >= 11 is 1.51. The molecule has 2 nitrogen and oxygen atoms in total. The van der Waals surface area contributed by atoms with Gasteiger partial charge in [-0.3, -0.25) is 4.79 Å². The van der Waals surface area contributed by atoms with Crippen molar-refractivity contribution in [1.82, 2.24) is 0 Å². The molecule has 70 valence electrons. The van der Waals surface area contributed by atoms with E-state index in [9.17, 15) is 4.79 Å². The molecular weight excluding hydrogens is 194 g/mol. The van der Waals surface area contributed by atoms with Gasteiger partial charge >= 0.3 is 0 Å². The second-order valence-corrected chi connectivity index (χ2v) is 3.75. The normalized spacial score (nSPS) is 10.0. The number of hydrogen-bond acceptors (Lipinski definition) is 3. The van der Waals surface area contributed by atoms with Gasteiger partial charge in [0.2, 0.25) is 0 Å². The summed E-state index contributed by atoms with van der Waals surface area (Å²) in [5.74, 6) is 0.0264. The molecule has 0 aliphatic carbocycles. The molecule has 1 aromatic heterocycles. The van der Waals surface area contributed by atoms with Crippen LogP contribution in [0.5, 0.6) is 0 Å². The molecule has 0 radical (unpaired) electrons. The van der Waals surface area contributed by atoms with Crippen molar-refractivity contribution in [3.63, 3.8) is 0 Å². The molecular formula is C11H9NOS. The van der Waals surface area contributed by atoms with Gasteiger partial charge < -0.3 is 5.73 Å². The van der Waals surface area contributed by atoms with Crippen molar-refractivity contribution < 1.29 is 4.79 Å². The zero-order valence-electron chi connectivity index (χ0n) is 7.44. The first-order valence-electron chi connectivity index (χ1n) is 4.20. The number of benzene rings is 1. The molecule has 2 N–H and O–H groups in total. The highest BCUT2D eigenvalue weighted by atomic mass is 32.1. The van der Waals surface area contributed by atoms with Gasteiger partial charge in [0.15, 0.2) is 5.78 Å². The minimum Gasteiger partial charge on any atom is -0.399 e. The fourth-order valence-electron chi connectivity index (χ4n) is 1.24. The molecule has 3 heteroatoms. The van der Waals surface area contributed by atoms with Gasteiger partial charge in [-0.05, 0) is 23.6 Å². The number of carbonyl (C=O) groups excluding carboxylic acids is 1. The summed E-state index contributed by atoms with van der Waals surface area (Å²) in [6, 6.07) is 8.84. The van der Waals surface area contributed by atoms with E-state index >= 15 is 0 Å².